The molecule has 1 heterocycles. The van der Waals surface area contributed by atoms with Crippen LogP contribution in [-0.4, -0.2) is 6.61 Å². The molecule has 0 saturated heterocycles. The van der Waals surface area contributed by atoms with Gasteiger partial charge in [-0.15, -0.1) is 0 Å². The minimum absolute atomic E-state index is 0.0754. The van der Waals surface area contributed by atoms with Gasteiger partial charge in [-0.05, 0) is 36.0 Å². The molecule has 1 unspecified atom stereocenters. The van der Waals surface area contributed by atoms with Crippen LogP contribution in [0.3, 0.4) is 0 Å². The van der Waals surface area contributed by atoms with Crippen LogP contribution >= 0.6 is 0 Å². The van der Waals surface area contributed by atoms with Crippen molar-refractivity contribution in [3.05, 3.63) is 47.2 Å². The Hall–Kier alpha value is -1.32. The maximum atomic E-state index is 5.71. The number of rotatable bonds is 4. The van der Waals surface area contributed by atoms with Gasteiger partial charge in [0.25, 0.3) is 0 Å². The molecule has 3 nitrogen and oxygen atoms in total. The Morgan fingerprint density at radius 1 is 1.41 bits per heavy atom. The van der Waals surface area contributed by atoms with E-state index in [0.29, 0.717) is 0 Å². The first kappa shape index (κ1) is 12.1. The van der Waals surface area contributed by atoms with E-state index < -0.39 is 0 Å². The van der Waals surface area contributed by atoms with E-state index in [1.807, 2.05) is 6.26 Å². The summed E-state index contributed by atoms with van der Waals surface area (Å²) in [7, 11) is 0. The van der Waals surface area contributed by atoms with Crippen molar-refractivity contribution < 1.29 is 4.74 Å². The highest BCUT2D eigenvalue weighted by Gasteiger charge is 2.19. The number of aryl methyl sites for hydroxylation is 1. The number of hydrogen-bond donors (Lipinski definition) is 2. The maximum Gasteiger partial charge on any atom is 0.0876 e. The SMILES string of the molecule is CCc1ccccc1C(NN)C1=COCCC1. The van der Waals surface area contributed by atoms with Gasteiger partial charge in [-0.2, -0.15) is 0 Å². The van der Waals surface area contributed by atoms with E-state index in [0.717, 1.165) is 25.9 Å². The van der Waals surface area contributed by atoms with E-state index in [1.165, 1.54) is 16.7 Å². The first-order valence-electron chi connectivity index (χ1n) is 6.21. The summed E-state index contributed by atoms with van der Waals surface area (Å²) < 4.78 is 5.40. The molecule has 92 valence electrons. The number of ether oxygens (including phenoxy) is 1. The third-order valence-corrected chi connectivity index (χ3v) is 3.25. The molecule has 0 saturated carbocycles. The fourth-order valence-corrected chi connectivity index (χ4v) is 2.33. The summed E-state index contributed by atoms with van der Waals surface area (Å²) in [6.07, 6.45) is 4.99. The number of hydrazine groups is 1. The lowest BCUT2D eigenvalue weighted by atomic mass is 9.91. The molecule has 2 rings (SSSR count). The molecular formula is C14H20N2O. The highest BCUT2D eigenvalue weighted by molar-refractivity contribution is 5.35. The zero-order valence-corrected chi connectivity index (χ0v) is 10.3. The zero-order chi connectivity index (χ0) is 12.1. The first-order chi connectivity index (χ1) is 8.36. The predicted molar refractivity (Wildman–Crippen MR) is 69.2 cm³/mol. The van der Waals surface area contributed by atoms with Crippen LogP contribution in [0, 0.1) is 0 Å². The van der Waals surface area contributed by atoms with Crippen molar-refractivity contribution in [1.82, 2.24) is 5.43 Å². The molecule has 17 heavy (non-hydrogen) atoms. The fraction of sp³-hybridized carbons (Fsp3) is 0.429. The molecule has 1 aromatic carbocycles. The second-order valence-electron chi connectivity index (χ2n) is 4.32. The first-order valence-corrected chi connectivity index (χ1v) is 6.21. The van der Waals surface area contributed by atoms with Crippen LogP contribution in [0.4, 0.5) is 0 Å². The Morgan fingerprint density at radius 2 is 2.24 bits per heavy atom. The molecule has 0 aliphatic carbocycles. The molecular weight excluding hydrogens is 212 g/mol. The molecule has 1 aliphatic heterocycles. The van der Waals surface area contributed by atoms with Crippen LogP contribution in [0.25, 0.3) is 0 Å². The molecule has 0 radical (unpaired) electrons. The van der Waals surface area contributed by atoms with Gasteiger partial charge in [-0.25, -0.2) is 5.43 Å². The Balaban J connectivity index is 2.31. The lowest BCUT2D eigenvalue weighted by Crippen LogP contribution is -2.31. The van der Waals surface area contributed by atoms with E-state index in [1.54, 1.807) is 0 Å². The minimum Gasteiger partial charge on any atom is -0.501 e. The number of nitrogens with two attached hydrogens (primary N) is 1. The van der Waals surface area contributed by atoms with Crippen LogP contribution < -0.4 is 11.3 Å². The third-order valence-electron chi connectivity index (χ3n) is 3.25. The average Bonchev–Trinajstić information content (AvgIpc) is 2.41. The normalized spacial score (nSPS) is 17.2. The molecule has 0 bridgehead atoms. The van der Waals surface area contributed by atoms with Gasteiger partial charge in [0, 0.05) is 0 Å². The van der Waals surface area contributed by atoms with Gasteiger partial charge in [-0.3, -0.25) is 5.84 Å². The van der Waals surface area contributed by atoms with Crippen LogP contribution in [0.15, 0.2) is 36.1 Å². The summed E-state index contributed by atoms with van der Waals surface area (Å²) in [6, 6.07) is 8.50. The molecule has 1 atom stereocenters. The van der Waals surface area contributed by atoms with Crippen molar-refractivity contribution in [2.75, 3.05) is 6.61 Å². The van der Waals surface area contributed by atoms with E-state index in [4.69, 9.17) is 10.6 Å². The van der Waals surface area contributed by atoms with Crippen LogP contribution in [0.5, 0.6) is 0 Å². The average molecular weight is 232 g/mol. The van der Waals surface area contributed by atoms with Gasteiger partial charge in [0.2, 0.25) is 0 Å². The van der Waals surface area contributed by atoms with E-state index in [-0.39, 0.29) is 6.04 Å². The lowest BCUT2D eigenvalue weighted by molar-refractivity contribution is 0.219. The molecule has 0 aromatic heterocycles. The van der Waals surface area contributed by atoms with Gasteiger partial charge in [0.05, 0.1) is 18.9 Å². The molecule has 3 N–H and O–H groups in total. The van der Waals surface area contributed by atoms with Crippen molar-refractivity contribution in [3.8, 4) is 0 Å². The van der Waals surface area contributed by atoms with Crippen molar-refractivity contribution in [1.29, 1.82) is 0 Å². The van der Waals surface area contributed by atoms with Gasteiger partial charge in [-0.1, -0.05) is 31.2 Å². The van der Waals surface area contributed by atoms with Gasteiger partial charge in [0.15, 0.2) is 0 Å². The topological polar surface area (TPSA) is 47.3 Å². The standard InChI is InChI=1S/C14H20N2O/c1-2-11-6-3-4-8-13(11)14(16-15)12-7-5-9-17-10-12/h3-4,6,8,10,14,16H,2,5,7,9,15H2,1H3. The smallest absolute Gasteiger partial charge is 0.0876 e. The Kier molecular flexibility index (Phi) is 4.18. The summed E-state index contributed by atoms with van der Waals surface area (Å²) in [5.41, 5.74) is 6.74. The Bertz CT molecular complexity index is 401. The number of nitrogens with one attached hydrogen (secondary N) is 1. The largest absolute Gasteiger partial charge is 0.501 e. The van der Waals surface area contributed by atoms with Gasteiger partial charge < -0.3 is 4.74 Å². The van der Waals surface area contributed by atoms with E-state index >= 15 is 0 Å². The quantitative estimate of drug-likeness (QED) is 0.619. The second kappa shape index (κ2) is 5.84. The molecule has 0 amide bonds. The van der Waals surface area contributed by atoms with Crippen LogP contribution in [0.1, 0.15) is 36.9 Å². The van der Waals surface area contributed by atoms with E-state index in [9.17, 15) is 0 Å². The van der Waals surface area contributed by atoms with Gasteiger partial charge >= 0.3 is 0 Å². The molecule has 1 aromatic rings. The van der Waals surface area contributed by atoms with Crippen molar-refractivity contribution in [2.24, 2.45) is 5.84 Å². The third kappa shape index (κ3) is 2.68. The second-order valence-corrected chi connectivity index (χ2v) is 4.32. The monoisotopic (exact) mass is 232 g/mol. The van der Waals surface area contributed by atoms with Crippen LogP contribution in [0.2, 0.25) is 0 Å². The molecule has 0 fully saturated rings. The lowest BCUT2D eigenvalue weighted by Gasteiger charge is -2.24. The van der Waals surface area contributed by atoms with Crippen molar-refractivity contribution in [2.45, 2.75) is 32.2 Å². The maximum absolute atomic E-state index is 5.71. The molecule has 0 spiro atoms. The van der Waals surface area contributed by atoms with Crippen molar-refractivity contribution in [3.63, 3.8) is 0 Å². The highest BCUT2D eigenvalue weighted by Crippen LogP contribution is 2.29. The van der Waals surface area contributed by atoms with E-state index in [2.05, 4.69) is 36.6 Å². The van der Waals surface area contributed by atoms with Gasteiger partial charge in [0.1, 0.15) is 0 Å². The molecule has 1 aliphatic rings. The Morgan fingerprint density at radius 3 is 2.88 bits per heavy atom. The summed E-state index contributed by atoms with van der Waals surface area (Å²) in [5, 5.41) is 0. The fourth-order valence-electron chi connectivity index (χ4n) is 2.33. The predicted octanol–water partition coefficient (Wildman–Crippen LogP) is 2.45. The van der Waals surface area contributed by atoms with Crippen molar-refractivity contribution >= 4 is 0 Å². The zero-order valence-electron chi connectivity index (χ0n) is 10.3. The summed E-state index contributed by atoms with van der Waals surface area (Å²) >= 11 is 0. The number of benzene rings is 1. The Labute approximate surface area is 103 Å². The highest BCUT2D eigenvalue weighted by atomic mass is 16.5. The number of hydrogen-bond acceptors (Lipinski definition) is 3. The summed E-state index contributed by atoms with van der Waals surface area (Å²) in [4.78, 5) is 0. The minimum atomic E-state index is 0.0754. The summed E-state index contributed by atoms with van der Waals surface area (Å²) in [5.74, 6) is 5.71. The summed E-state index contributed by atoms with van der Waals surface area (Å²) in [6.45, 7) is 2.98. The van der Waals surface area contributed by atoms with Crippen LogP contribution in [-0.2, 0) is 11.2 Å². The molecule has 3 heteroatoms.